The molecule has 1 amide bonds. The Labute approximate surface area is 137 Å². The van der Waals surface area contributed by atoms with Crippen molar-refractivity contribution in [3.8, 4) is 0 Å². The number of aromatic nitrogens is 2. The Morgan fingerprint density at radius 3 is 2.91 bits per heavy atom. The van der Waals surface area contributed by atoms with Gasteiger partial charge in [0, 0.05) is 28.3 Å². The standard InChI is InChI=1S/C15H18N4OS2/c1-8-18-19-15(22-8)17-14(20)9-5-13(21-7-9)11-6-12(11)16-10-3-2-4-10/h5,7,10-12,16H,2-4,6H2,1H3,(H,17,19,20)/t11-,12-/m1/s1. The number of aryl methyl sites for hydroxylation is 1. The molecule has 22 heavy (non-hydrogen) atoms. The van der Waals surface area contributed by atoms with Gasteiger partial charge in [-0.3, -0.25) is 10.1 Å². The third-order valence-electron chi connectivity index (χ3n) is 4.34. The molecule has 0 spiro atoms. The summed E-state index contributed by atoms with van der Waals surface area (Å²) < 4.78 is 0. The van der Waals surface area contributed by atoms with Crippen LogP contribution in [-0.2, 0) is 0 Å². The van der Waals surface area contributed by atoms with E-state index in [1.54, 1.807) is 11.3 Å². The van der Waals surface area contributed by atoms with Gasteiger partial charge in [-0.05, 0) is 32.3 Å². The maximum atomic E-state index is 12.2. The van der Waals surface area contributed by atoms with Gasteiger partial charge in [-0.2, -0.15) is 0 Å². The molecule has 4 rings (SSSR count). The Morgan fingerprint density at radius 1 is 1.36 bits per heavy atom. The van der Waals surface area contributed by atoms with Gasteiger partial charge in [-0.1, -0.05) is 17.8 Å². The first-order chi connectivity index (χ1) is 10.7. The first-order valence-electron chi connectivity index (χ1n) is 7.65. The second kappa shape index (κ2) is 5.72. The van der Waals surface area contributed by atoms with Crippen molar-refractivity contribution >= 4 is 33.7 Å². The zero-order valence-corrected chi connectivity index (χ0v) is 14.0. The predicted octanol–water partition coefficient (Wildman–Crippen LogP) is 3.16. The van der Waals surface area contributed by atoms with E-state index in [0.29, 0.717) is 17.1 Å². The number of anilines is 1. The number of hydrogen-bond acceptors (Lipinski definition) is 6. The molecule has 2 fully saturated rings. The summed E-state index contributed by atoms with van der Waals surface area (Å²) in [6.07, 6.45) is 5.21. The normalized spacial score (nSPS) is 24.0. The Balaban J connectivity index is 1.36. The molecule has 0 aliphatic heterocycles. The van der Waals surface area contributed by atoms with Crippen molar-refractivity contribution in [1.82, 2.24) is 15.5 Å². The first kappa shape index (κ1) is 14.3. The molecule has 2 aromatic heterocycles. The molecule has 0 unspecified atom stereocenters. The summed E-state index contributed by atoms with van der Waals surface area (Å²) in [5, 5.41) is 17.7. The number of nitrogens with one attached hydrogen (secondary N) is 2. The van der Waals surface area contributed by atoms with Gasteiger partial charge >= 0.3 is 0 Å². The van der Waals surface area contributed by atoms with Crippen molar-refractivity contribution < 1.29 is 4.79 Å². The number of carbonyl (C=O) groups excluding carboxylic acids is 1. The van der Waals surface area contributed by atoms with Crippen LogP contribution in [0.3, 0.4) is 0 Å². The molecule has 2 N–H and O–H groups in total. The van der Waals surface area contributed by atoms with E-state index in [1.165, 1.54) is 41.9 Å². The van der Waals surface area contributed by atoms with E-state index in [9.17, 15) is 4.79 Å². The lowest BCUT2D eigenvalue weighted by atomic mass is 9.93. The van der Waals surface area contributed by atoms with Crippen molar-refractivity contribution in [2.24, 2.45) is 0 Å². The number of thiophene rings is 1. The zero-order valence-electron chi connectivity index (χ0n) is 12.3. The van der Waals surface area contributed by atoms with Crippen LogP contribution in [0.2, 0.25) is 0 Å². The van der Waals surface area contributed by atoms with Gasteiger partial charge in [-0.25, -0.2) is 0 Å². The summed E-state index contributed by atoms with van der Waals surface area (Å²) in [7, 11) is 0. The van der Waals surface area contributed by atoms with Gasteiger partial charge < -0.3 is 5.32 Å². The van der Waals surface area contributed by atoms with Crippen molar-refractivity contribution in [2.45, 2.75) is 50.6 Å². The highest BCUT2D eigenvalue weighted by Gasteiger charge is 2.41. The molecule has 0 aromatic carbocycles. The quantitative estimate of drug-likeness (QED) is 0.881. The molecule has 7 heteroatoms. The second-order valence-electron chi connectivity index (χ2n) is 6.06. The first-order valence-corrected chi connectivity index (χ1v) is 9.34. The van der Waals surface area contributed by atoms with Crippen LogP contribution in [0.1, 0.15) is 51.8 Å². The summed E-state index contributed by atoms with van der Waals surface area (Å²) in [4.78, 5) is 13.5. The average Bonchev–Trinajstić information content (AvgIpc) is 2.84. The molecule has 116 valence electrons. The number of carbonyl (C=O) groups is 1. The second-order valence-corrected chi connectivity index (χ2v) is 8.19. The molecule has 5 nitrogen and oxygen atoms in total. The average molecular weight is 334 g/mol. The van der Waals surface area contributed by atoms with Crippen LogP contribution in [-0.4, -0.2) is 28.2 Å². The third-order valence-corrected chi connectivity index (χ3v) is 6.16. The minimum Gasteiger partial charge on any atom is -0.311 e. The van der Waals surface area contributed by atoms with Gasteiger partial charge in [0.25, 0.3) is 5.91 Å². The van der Waals surface area contributed by atoms with Gasteiger partial charge in [-0.15, -0.1) is 21.5 Å². The maximum Gasteiger partial charge on any atom is 0.258 e. The molecular formula is C15H18N4OS2. The fourth-order valence-electron chi connectivity index (χ4n) is 2.75. The Morgan fingerprint density at radius 2 is 2.23 bits per heavy atom. The highest BCUT2D eigenvalue weighted by Crippen LogP contribution is 2.44. The molecule has 2 atom stereocenters. The molecular weight excluding hydrogens is 316 g/mol. The van der Waals surface area contributed by atoms with Gasteiger partial charge in [0.1, 0.15) is 5.01 Å². The molecule has 2 aliphatic carbocycles. The maximum absolute atomic E-state index is 12.2. The Bertz CT molecular complexity index is 691. The lowest BCUT2D eigenvalue weighted by molar-refractivity contribution is 0.102. The van der Waals surface area contributed by atoms with E-state index in [0.717, 1.165) is 16.6 Å². The van der Waals surface area contributed by atoms with Crippen LogP contribution in [0.15, 0.2) is 11.4 Å². The van der Waals surface area contributed by atoms with Crippen LogP contribution >= 0.6 is 22.7 Å². The molecule has 0 saturated heterocycles. The van der Waals surface area contributed by atoms with Gasteiger partial charge in [0.15, 0.2) is 0 Å². The van der Waals surface area contributed by atoms with Crippen molar-refractivity contribution in [1.29, 1.82) is 0 Å². The summed E-state index contributed by atoms with van der Waals surface area (Å²) in [6, 6.07) is 3.38. The van der Waals surface area contributed by atoms with E-state index in [4.69, 9.17) is 0 Å². The lowest BCUT2D eigenvalue weighted by Gasteiger charge is -2.26. The van der Waals surface area contributed by atoms with Crippen LogP contribution in [0.4, 0.5) is 5.13 Å². The number of nitrogens with zero attached hydrogens (tertiary/aromatic N) is 2. The van der Waals surface area contributed by atoms with Crippen LogP contribution < -0.4 is 10.6 Å². The van der Waals surface area contributed by atoms with Crippen molar-refractivity contribution in [3.63, 3.8) is 0 Å². The third kappa shape index (κ3) is 2.93. The van der Waals surface area contributed by atoms with Crippen molar-refractivity contribution in [2.75, 3.05) is 5.32 Å². The smallest absolute Gasteiger partial charge is 0.258 e. The van der Waals surface area contributed by atoms with E-state index in [2.05, 4.69) is 20.8 Å². The largest absolute Gasteiger partial charge is 0.311 e. The number of amides is 1. The summed E-state index contributed by atoms with van der Waals surface area (Å²) >= 11 is 3.08. The minimum absolute atomic E-state index is 0.0946. The highest BCUT2D eigenvalue weighted by molar-refractivity contribution is 7.15. The summed E-state index contributed by atoms with van der Waals surface area (Å²) in [5.74, 6) is 0.499. The van der Waals surface area contributed by atoms with Crippen LogP contribution in [0.25, 0.3) is 0 Å². The zero-order chi connectivity index (χ0) is 15.1. The molecule has 2 aromatic rings. The van der Waals surface area contributed by atoms with Crippen LogP contribution in [0, 0.1) is 6.92 Å². The monoisotopic (exact) mass is 334 g/mol. The predicted molar refractivity (Wildman–Crippen MR) is 88.8 cm³/mol. The van der Waals surface area contributed by atoms with Gasteiger partial charge in [0.2, 0.25) is 5.13 Å². The summed E-state index contributed by atoms with van der Waals surface area (Å²) in [5.41, 5.74) is 0.724. The SMILES string of the molecule is Cc1nnc(NC(=O)c2csc([C@@H]3C[C@H]3NC3CCC3)c2)s1. The minimum atomic E-state index is -0.0946. The highest BCUT2D eigenvalue weighted by atomic mass is 32.1. The van der Waals surface area contributed by atoms with E-state index in [-0.39, 0.29) is 5.91 Å². The molecule has 0 bridgehead atoms. The van der Waals surface area contributed by atoms with Gasteiger partial charge in [0.05, 0.1) is 5.56 Å². The fraction of sp³-hybridized carbons (Fsp3) is 0.533. The molecule has 2 saturated carbocycles. The van der Waals surface area contributed by atoms with E-state index >= 15 is 0 Å². The van der Waals surface area contributed by atoms with Crippen molar-refractivity contribution in [3.05, 3.63) is 26.9 Å². The summed E-state index contributed by atoms with van der Waals surface area (Å²) in [6.45, 7) is 1.87. The topological polar surface area (TPSA) is 66.9 Å². The lowest BCUT2D eigenvalue weighted by Crippen LogP contribution is -2.37. The molecule has 2 heterocycles. The molecule has 0 radical (unpaired) electrons. The van der Waals surface area contributed by atoms with E-state index < -0.39 is 0 Å². The Kier molecular flexibility index (Phi) is 3.71. The van der Waals surface area contributed by atoms with E-state index in [1.807, 2.05) is 18.4 Å². The molecule has 2 aliphatic rings. The van der Waals surface area contributed by atoms with Crippen LogP contribution in [0.5, 0.6) is 0 Å². The number of hydrogen-bond donors (Lipinski definition) is 2. The fourth-order valence-corrected chi connectivity index (χ4v) is 4.41. The Hall–Kier alpha value is -1.31. The number of rotatable bonds is 5.